The molecule has 4 nitrogen and oxygen atoms in total. The molecule has 1 unspecified atom stereocenters. The van der Waals surface area contributed by atoms with E-state index in [9.17, 15) is 18.0 Å². The van der Waals surface area contributed by atoms with E-state index in [1.807, 2.05) is 0 Å². The van der Waals surface area contributed by atoms with E-state index in [1.165, 1.54) is 12.1 Å². The number of amides is 1. The van der Waals surface area contributed by atoms with Gasteiger partial charge in [-0.2, -0.15) is 13.2 Å². The second kappa shape index (κ2) is 7.49. The monoisotopic (exact) mass is 316 g/mol. The summed E-state index contributed by atoms with van der Waals surface area (Å²) in [5.74, 6) is 0.124. The van der Waals surface area contributed by atoms with Crippen LogP contribution in [0.25, 0.3) is 0 Å². The first kappa shape index (κ1) is 16.6. The molecule has 1 atom stereocenters. The summed E-state index contributed by atoms with van der Waals surface area (Å²) in [6.45, 7) is -0.0000896. The van der Waals surface area contributed by atoms with Crippen LogP contribution in [-0.4, -0.2) is 31.3 Å². The molecule has 122 valence electrons. The fourth-order valence-electron chi connectivity index (χ4n) is 2.30. The number of alkyl halides is 3. The first-order chi connectivity index (χ1) is 10.4. The van der Waals surface area contributed by atoms with Crippen molar-refractivity contribution in [2.75, 3.05) is 13.2 Å². The van der Waals surface area contributed by atoms with Gasteiger partial charge in [-0.3, -0.25) is 4.79 Å². The summed E-state index contributed by atoms with van der Waals surface area (Å²) in [6, 6.07) is 6.45. The molecule has 0 aromatic heterocycles. The minimum atomic E-state index is -4.35. The average molecular weight is 316 g/mol. The highest BCUT2D eigenvalue weighted by Crippen LogP contribution is 2.18. The molecule has 2 N–H and O–H groups in total. The van der Waals surface area contributed by atoms with Gasteiger partial charge in [-0.05, 0) is 37.1 Å². The molecule has 1 aliphatic rings. The first-order valence-electron chi connectivity index (χ1n) is 7.21. The molecular formula is C15H19F3N2O2. The van der Waals surface area contributed by atoms with E-state index in [1.54, 1.807) is 12.1 Å². The zero-order valence-corrected chi connectivity index (χ0v) is 12.1. The van der Waals surface area contributed by atoms with Gasteiger partial charge < -0.3 is 15.4 Å². The van der Waals surface area contributed by atoms with E-state index in [0.717, 1.165) is 24.9 Å². The van der Waals surface area contributed by atoms with Crippen LogP contribution in [0.4, 0.5) is 13.2 Å². The Morgan fingerprint density at radius 3 is 2.64 bits per heavy atom. The maximum absolute atomic E-state index is 12.0. The smallest absolute Gasteiger partial charge is 0.422 e. The molecule has 0 radical (unpaired) electrons. The van der Waals surface area contributed by atoms with Crippen molar-refractivity contribution >= 4 is 5.91 Å². The van der Waals surface area contributed by atoms with Gasteiger partial charge in [-0.15, -0.1) is 0 Å². The first-order valence-corrected chi connectivity index (χ1v) is 7.21. The molecule has 2 rings (SSSR count). The quantitative estimate of drug-likeness (QED) is 0.847. The van der Waals surface area contributed by atoms with E-state index in [0.29, 0.717) is 13.0 Å². The Labute approximate surface area is 127 Å². The number of benzene rings is 1. The summed E-state index contributed by atoms with van der Waals surface area (Å²) < 4.78 is 40.7. The Balaban J connectivity index is 1.72. The SMILES string of the molecule is O=C(CC1CCCN1)NCc1ccc(OCC(F)(F)F)cc1. The molecular weight excluding hydrogens is 297 g/mol. The number of nitrogens with one attached hydrogen (secondary N) is 2. The lowest BCUT2D eigenvalue weighted by atomic mass is 10.1. The third-order valence-electron chi connectivity index (χ3n) is 3.41. The normalized spacial score (nSPS) is 18.2. The molecule has 1 amide bonds. The van der Waals surface area contributed by atoms with Gasteiger partial charge in [0.2, 0.25) is 5.91 Å². The van der Waals surface area contributed by atoms with E-state index in [4.69, 9.17) is 0 Å². The van der Waals surface area contributed by atoms with E-state index >= 15 is 0 Å². The zero-order valence-electron chi connectivity index (χ0n) is 12.1. The Morgan fingerprint density at radius 2 is 2.05 bits per heavy atom. The minimum Gasteiger partial charge on any atom is -0.484 e. The van der Waals surface area contributed by atoms with Crippen molar-refractivity contribution in [1.82, 2.24) is 10.6 Å². The maximum atomic E-state index is 12.0. The summed E-state index contributed by atoms with van der Waals surface area (Å²) in [5, 5.41) is 6.05. The van der Waals surface area contributed by atoms with Gasteiger partial charge in [0, 0.05) is 19.0 Å². The number of rotatable bonds is 6. The van der Waals surface area contributed by atoms with Gasteiger partial charge in [0.05, 0.1) is 0 Å². The number of carbonyl (C=O) groups is 1. The second-order valence-corrected chi connectivity index (χ2v) is 5.32. The number of carbonyl (C=O) groups excluding carboxylic acids is 1. The van der Waals surface area contributed by atoms with Crippen LogP contribution >= 0.6 is 0 Å². The Hall–Kier alpha value is -1.76. The van der Waals surface area contributed by atoms with Gasteiger partial charge in [-0.25, -0.2) is 0 Å². The fourth-order valence-corrected chi connectivity index (χ4v) is 2.30. The molecule has 1 heterocycles. The summed E-state index contributed by atoms with van der Waals surface area (Å²) in [7, 11) is 0. The van der Waals surface area contributed by atoms with E-state index in [-0.39, 0.29) is 17.7 Å². The van der Waals surface area contributed by atoms with Crippen LogP contribution in [-0.2, 0) is 11.3 Å². The van der Waals surface area contributed by atoms with Gasteiger partial charge in [0.25, 0.3) is 0 Å². The molecule has 0 saturated carbocycles. The molecule has 0 aliphatic carbocycles. The highest BCUT2D eigenvalue weighted by molar-refractivity contribution is 5.76. The maximum Gasteiger partial charge on any atom is 0.422 e. The zero-order chi connectivity index (χ0) is 16.0. The molecule has 0 spiro atoms. The predicted molar refractivity (Wildman–Crippen MR) is 75.5 cm³/mol. The van der Waals surface area contributed by atoms with Crippen LogP contribution in [0.5, 0.6) is 5.75 Å². The van der Waals surface area contributed by atoms with Gasteiger partial charge in [-0.1, -0.05) is 12.1 Å². The Bertz CT molecular complexity index is 483. The lowest BCUT2D eigenvalue weighted by Gasteiger charge is -2.11. The van der Waals surface area contributed by atoms with Crippen molar-refractivity contribution < 1.29 is 22.7 Å². The minimum absolute atomic E-state index is 0.0307. The highest BCUT2D eigenvalue weighted by Gasteiger charge is 2.28. The van der Waals surface area contributed by atoms with E-state index < -0.39 is 12.8 Å². The van der Waals surface area contributed by atoms with Crippen molar-refractivity contribution in [3.8, 4) is 5.75 Å². The topological polar surface area (TPSA) is 50.4 Å². The predicted octanol–water partition coefficient (Wildman–Crippen LogP) is 2.39. The van der Waals surface area contributed by atoms with Crippen molar-refractivity contribution in [2.45, 2.75) is 38.0 Å². The molecule has 0 bridgehead atoms. The summed E-state index contributed by atoms with van der Waals surface area (Å²) in [6.07, 6.45) is -1.79. The van der Waals surface area contributed by atoms with Crippen LogP contribution in [0, 0.1) is 0 Å². The Kier molecular flexibility index (Phi) is 5.65. The fraction of sp³-hybridized carbons (Fsp3) is 0.533. The van der Waals surface area contributed by atoms with Crippen molar-refractivity contribution in [1.29, 1.82) is 0 Å². The van der Waals surface area contributed by atoms with Crippen molar-refractivity contribution in [3.63, 3.8) is 0 Å². The number of ether oxygens (including phenoxy) is 1. The van der Waals surface area contributed by atoms with Crippen molar-refractivity contribution in [2.24, 2.45) is 0 Å². The standard InChI is InChI=1S/C15H19F3N2O2/c16-15(17,18)10-22-13-5-3-11(4-6-13)9-20-14(21)8-12-2-1-7-19-12/h3-6,12,19H,1-2,7-10H2,(H,20,21). The molecule has 22 heavy (non-hydrogen) atoms. The third kappa shape index (κ3) is 5.93. The third-order valence-corrected chi connectivity index (χ3v) is 3.41. The lowest BCUT2D eigenvalue weighted by Crippen LogP contribution is -2.31. The lowest BCUT2D eigenvalue weighted by molar-refractivity contribution is -0.153. The number of hydrogen-bond donors (Lipinski definition) is 2. The van der Waals surface area contributed by atoms with Crippen LogP contribution in [0.15, 0.2) is 24.3 Å². The molecule has 7 heteroatoms. The summed E-state index contributed by atoms with van der Waals surface area (Å²) >= 11 is 0. The molecule has 1 saturated heterocycles. The van der Waals surface area contributed by atoms with Gasteiger partial charge >= 0.3 is 6.18 Å². The van der Waals surface area contributed by atoms with Crippen LogP contribution < -0.4 is 15.4 Å². The summed E-state index contributed by atoms with van der Waals surface area (Å²) in [4.78, 5) is 11.8. The van der Waals surface area contributed by atoms with Crippen LogP contribution in [0.2, 0.25) is 0 Å². The molecule has 1 fully saturated rings. The molecule has 1 aromatic rings. The second-order valence-electron chi connectivity index (χ2n) is 5.32. The number of halogens is 3. The van der Waals surface area contributed by atoms with Gasteiger partial charge in [0.1, 0.15) is 5.75 Å². The summed E-state index contributed by atoms with van der Waals surface area (Å²) in [5.41, 5.74) is 0.812. The van der Waals surface area contributed by atoms with Crippen molar-refractivity contribution in [3.05, 3.63) is 29.8 Å². The molecule has 1 aliphatic heterocycles. The van der Waals surface area contributed by atoms with E-state index in [2.05, 4.69) is 15.4 Å². The average Bonchev–Trinajstić information content (AvgIpc) is 2.96. The van der Waals surface area contributed by atoms with Crippen LogP contribution in [0.1, 0.15) is 24.8 Å². The highest BCUT2D eigenvalue weighted by atomic mass is 19.4. The Morgan fingerprint density at radius 1 is 1.32 bits per heavy atom. The van der Waals surface area contributed by atoms with Gasteiger partial charge in [0.15, 0.2) is 6.61 Å². The number of hydrogen-bond acceptors (Lipinski definition) is 3. The van der Waals surface area contributed by atoms with Crippen LogP contribution in [0.3, 0.4) is 0 Å². The largest absolute Gasteiger partial charge is 0.484 e. The molecule has 1 aromatic carbocycles.